The summed E-state index contributed by atoms with van der Waals surface area (Å²) in [6, 6.07) is 3.81. The quantitative estimate of drug-likeness (QED) is 0.641. The summed E-state index contributed by atoms with van der Waals surface area (Å²) in [4.78, 5) is 22.7. The van der Waals surface area contributed by atoms with Gasteiger partial charge in [0.15, 0.2) is 5.78 Å². The van der Waals surface area contributed by atoms with Gasteiger partial charge in [-0.15, -0.1) is 0 Å². The highest BCUT2D eigenvalue weighted by Crippen LogP contribution is 2.23. The number of nitrogens with two attached hydrogens (primary N) is 2. The molecule has 0 fully saturated rings. The molecule has 17 heavy (non-hydrogen) atoms. The first-order valence-electron chi connectivity index (χ1n) is 5.36. The fourth-order valence-corrected chi connectivity index (χ4v) is 1.66. The van der Waals surface area contributed by atoms with Crippen molar-refractivity contribution in [3.05, 3.63) is 29.3 Å². The van der Waals surface area contributed by atoms with Crippen molar-refractivity contribution in [3.8, 4) is 5.75 Å². The summed E-state index contributed by atoms with van der Waals surface area (Å²) in [7, 11) is 0. The second-order valence-corrected chi connectivity index (χ2v) is 3.81. The van der Waals surface area contributed by atoms with Gasteiger partial charge in [-0.25, -0.2) is 0 Å². The first kappa shape index (κ1) is 13.2. The molecule has 0 saturated heterocycles. The van der Waals surface area contributed by atoms with Crippen molar-refractivity contribution in [2.45, 2.75) is 25.8 Å². The highest BCUT2D eigenvalue weighted by Gasteiger charge is 2.22. The van der Waals surface area contributed by atoms with E-state index >= 15 is 0 Å². The van der Waals surface area contributed by atoms with Gasteiger partial charge in [0.1, 0.15) is 5.75 Å². The van der Waals surface area contributed by atoms with Crippen molar-refractivity contribution in [2.24, 2.45) is 11.5 Å². The number of aromatic hydroxyl groups is 1. The lowest BCUT2D eigenvalue weighted by atomic mass is 9.95. The van der Waals surface area contributed by atoms with E-state index in [2.05, 4.69) is 0 Å². The molecular formula is C12H16N2O3. The molecule has 0 saturated carbocycles. The van der Waals surface area contributed by atoms with Gasteiger partial charge in [-0.3, -0.25) is 9.59 Å². The van der Waals surface area contributed by atoms with Crippen LogP contribution < -0.4 is 11.5 Å². The average Bonchev–Trinajstić information content (AvgIpc) is 2.26. The molecule has 1 unspecified atom stereocenters. The smallest absolute Gasteiger partial charge is 0.219 e. The standard InChI is InChI=1S/C12H16N2O3/c1-2-7-4-3-5-9(15)11(7)12(17)8(13)6-10(14)16/h3-5,8,15H,2,6,13H2,1H3,(H2,14,16). The van der Waals surface area contributed by atoms with Gasteiger partial charge < -0.3 is 16.6 Å². The van der Waals surface area contributed by atoms with Gasteiger partial charge in [-0.2, -0.15) is 0 Å². The molecule has 5 heteroatoms. The van der Waals surface area contributed by atoms with E-state index in [1.807, 2.05) is 6.92 Å². The number of phenols is 1. The minimum Gasteiger partial charge on any atom is -0.507 e. The molecule has 0 heterocycles. The Morgan fingerprint density at radius 1 is 1.41 bits per heavy atom. The van der Waals surface area contributed by atoms with E-state index in [0.29, 0.717) is 12.0 Å². The van der Waals surface area contributed by atoms with Crippen LogP contribution >= 0.6 is 0 Å². The van der Waals surface area contributed by atoms with E-state index in [1.54, 1.807) is 12.1 Å². The van der Waals surface area contributed by atoms with E-state index < -0.39 is 17.7 Å². The van der Waals surface area contributed by atoms with Gasteiger partial charge in [0.25, 0.3) is 0 Å². The molecule has 0 spiro atoms. The molecule has 92 valence electrons. The largest absolute Gasteiger partial charge is 0.507 e. The molecule has 1 atom stereocenters. The Labute approximate surface area is 99.4 Å². The van der Waals surface area contributed by atoms with Crippen LogP contribution in [-0.2, 0) is 11.2 Å². The predicted molar refractivity (Wildman–Crippen MR) is 63.6 cm³/mol. The molecule has 1 aromatic rings. The Morgan fingerprint density at radius 2 is 2.06 bits per heavy atom. The molecular weight excluding hydrogens is 220 g/mol. The highest BCUT2D eigenvalue weighted by atomic mass is 16.3. The number of phenolic OH excluding ortho intramolecular Hbond substituents is 1. The van der Waals surface area contributed by atoms with Crippen LogP contribution in [0, 0.1) is 0 Å². The first-order chi connectivity index (χ1) is 7.97. The second kappa shape index (κ2) is 5.45. The molecule has 0 aromatic heterocycles. The Bertz CT molecular complexity index is 443. The number of Topliss-reactive ketones (excluding diaryl/α,β-unsaturated/α-hetero) is 1. The van der Waals surface area contributed by atoms with Crippen LogP contribution in [-0.4, -0.2) is 22.8 Å². The maximum absolute atomic E-state index is 12.0. The minimum atomic E-state index is -1.01. The highest BCUT2D eigenvalue weighted by molar-refractivity contribution is 6.05. The molecule has 5 nitrogen and oxygen atoms in total. The van der Waals surface area contributed by atoms with Gasteiger partial charge in [0, 0.05) is 6.42 Å². The maximum Gasteiger partial charge on any atom is 0.219 e. The monoisotopic (exact) mass is 236 g/mol. The number of hydrogen-bond donors (Lipinski definition) is 3. The first-order valence-corrected chi connectivity index (χ1v) is 5.36. The number of rotatable bonds is 5. The molecule has 0 radical (unpaired) electrons. The van der Waals surface area contributed by atoms with Gasteiger partial charge in [-0.1, -0.05) is 19.1 Å². The van der Waals surface area contributed by atoms with Crippen molar-refractivity contribution in [2.75, 3.05) is 0 Å². The number of carbonyl (C=O) groups is 2. The summed E-state index contributed by atoms with van der Waals surface area (Å²) in [5.41, 5.74) is 11.5. The van der Waals surface area contributed by atoms with Crippen molar-refractivity contribution in [3.63, 3.8) is 0 Å². The van der Waals surface area contributed by atoms with Crippen LogP contribution in [0.4, 0.5) is 0 Å². The average molecular weight is 236 g/mol. The number of primary amides is 1. The number of amides is 1. The molecule has 5 N–H and O–H groups in total. The Morgan fingerprint density at radius 3 is 2.59 bits per heavy atom. The van der Waals surface area contributed by atoms with Crippen LogP contribution in [0.1, 0.15) is 29.3 Å². The van der Waals surface area contributed by atoms with Crippen LogP contribution in [0.2, 0.25) is 0 Å². The summed E-state index contributed by atoms with van der Waals surface area (Å²) in [5.74, 6) is -1.22. The fraction of sp³-hybridized carbons (Fsp3) is 0.333. The normalized spacial score (nSPS) is 12.1. The van der Waals surface area contributed by atoms with Crippen molar-refractivity contribution >= 4 is 11.7 Å². The zero-order valence-electron chi connectivity index (χ0n) is 9.64. The van der Waals surface area contributed by atoms with Gasteiger partial charge in [-0.05, 0) is 18.1 Å². The molecule has 0 bridgehead atoms. The molecule has 0 aliphatic heterocycles. The third-order valence-corrected chi connectivity index (χ3v) is 2.51. The molecule has 1 aromatic carbocycles. The number of ketones is 1. The van der Waals surface area contributed by atoms with Crippen molar-refractivity contribution in [1.29, 1.82) is 0 Å². The third kappa shape index (κ3) is 3.04. The summed E-state index contributed by atoms with van der Waals surface area (Å²) in [6.07, 6.45) is 0.370. The van der Waals surface area contributed by atoms with Crippen LogP contribution in [0.25, 0.3) is 0 Å². The van der Waals surface area contributed by atoms with E-state index in [9.17, 15) is 14.7 Å². The molecule has 1 amide bonds. The number of benzene rings is 1. The van der Waals surface area contributed by atoms with E-state index in [0.717, 1.165) is 0 Å². The molecule has 0 aliphatic rings. The fourth-order valence-electron chi connectivity index (χ4n) is 1.66. The zero-order chi connectivity index (χ0) is 13.0. The lowest BCUT2D eigenvalue weighted by Crippen LogP contribution is -2.35. The third-order valence-electron chi connectivity index (χ3n) is 2.51. The topological polar surface area (TPSA) is 106 Å². The lowest BCUT2D eigenvalue weighted by Gasteiger charge is -2.13. The van der Waals surface area contributed by atoms with Crippen LogP contribution in [0.5, 0.6) is 5.75 Å². The maximum atomic E-state index is 12.0. The summed E-state index contributed by atoms with van der Waals surface area (Å²) in [6.45, 7) is 1.87. The number of carbonyl (C=O) groups excluding carboxylic acids is 2. The van der Waals surface area contributed by atoms with E-state index in [4.69, 9.17) is 11.5 Å². The Kier molecular flexibility index (Phi) is 4.23. The van der Waals surface area contributed by atoms with E-state index in [1.165, 1.54) is 6.07 Å². The number of aryl methyl sites for hydroxylation is 1. The van der Waals surface area contributed by atoms with Crippen LogP contribution in [0.3, 0.4) is 0 Å². The second-order valence-electron chi connectivity index (χ2n) is 3.81. The zero-order valence-corrected chi connectivity index (χ0v) is 9.64. The summed E-state index contributed by atoms with van der Waals surface area (Å²) >= 11 is 0. The van der Waals surface area contributed by atoms with Gasteiger partial charge in [0.05, 0.1) is 11.6 Å². The Hall–Kier alpha value is -1.88. The molecule has 0 aliphatic carbocycles. The van der Waals surface area contributed by atoms with Crippen molar-refractivity contribution < 1.29 is 14.7 Å². The summed E-state index contributed by atoms with van der Waals surface area (Å²) in [5, 5.41) is 9.68. The SMILES string of the molecule is CCc1cccc(O)c1C(=O)C(N)CC(N)=O. The van der Waals surface area contributed by atoms with Gasteiger partial charge >= 0.3 is 0 Å². The predicted octanol–water partition coefficient (Wildman–Crippen LogP) is 0.340. The van der Waals surface area contributed by atoms with E-state index in [-0.39, 0.29) is 17.7 Å². The summed E-state index contributed by atoms with van der Waals surface area (Å²) < 4.78 is 0. The number of hydrogen-bond acceptors (Lipinski definition) is 4. The lowest BCUT2D eigenvalue weighted by molar-refractivity contribution is -0.118. The Balaban J connectivity index is 3.07. The van der Waals surface area contributed by atoms with Crippen molar-refractivity contribution in [1.82, 2.24) is 0 Å². The molecule has 1 rings (SSSR count). The minimum absolute atomic E-state index is 0.116. The van der Waals surface area contributed by atoms with Gasteiger partial charge in [0.2, 0.25) is 5.91 Å². The van der Waals surface area contributed by atoms with Crippen LogP contribution in [0.15, 0.2) is 18.2 Å².